The maximum absolute atomic E-state index is 14.0. The zero-order valence-electron chi connectivity index (χ0n) is 22.7. The summed E-state index contributed by atoms with van der Waals surface area (Å²) in [6.45, 7) is 2.02. The molecule has 2 heterocycles. The van der Waals surface area contributed by atoms with Gasteiger partial charge in [0.05, 0.1) is 17.1 Å². The van der Waals surface area contributed by atoms with Crippen molar-refractivity contribution in [1.29, 1.82) is 0 Å². The molecule has 2 aromatic heterocycles. The van der Waals surface area contributed by atoms with Crippen molar-refractivity contribution in [3.8, 4) is 45.2 Å². The van der Waals surface area contributed by atoms with Crippen LogP contribution in [0.1, 0.15) is 32.7 Å². The van der Waals surface area contributed by atoms with Crippen molar-refractivity contribution >= 4 is 5.78 Å². The number of carbonyl (C=O) groups excluding carboxylic acids is 1. The Balaban J connectivity index is 1.51. The maximum atomic E-state index is 14.0. The molecule has 7 rings (SSSR count). The van der Waals surface area contributed by atoms with Gasteiger partial charge in [0.2, 0.25) is 5.78 Å². The van der Waals surface area contributed by atoms with E-state index in [4.69, 9.17) is 15.0 Å². The standard InChI is InChI=1S/C37H27N3O/c1-24-17-19-27(20-18-24)36(41)35-30-22-21-29-31(25-11-5-2-6-12-25)23-32(26-13-7-3-8-14-26)38-33(29)34(30)39-37(40-35)28-15-9-4-10-16-28/h2-20,23H,21-22H2,1H3. The Morgan fingerprint density at radius 3 is 1.80 bits per heavy atom. The zero-order valence-corrected chi connectivity index (χ0v) is 22.7. The molecule has 0 unspecified atom stereocenters. The Morgan fingerprint density at radius 1 is 0.585 bits per heavy atom. The second-order valence-electron chi connectivity index (χ2n) is 10.4. The molecule has 0 atom stereocenters. The summed E-state index contributed by atoms with van der Waals surface area (Å²) in [5.74, 6) is 0.438. The van der Waals surface area contributed by atoms with Gasteiger partial charge in [-0.2, -0.15) is 0 Å². The van der Waals surface area contributed by atoms with Crippen LogP contribution in [0.25, 0.3) is 45.2 Å². The van der Waals surface area contributed by atoms with Gasteiger partial charge >= 0.3 is 0 Å². The number of aryl methyl sites for hydroxylation is 1. The van der Waals surface area contributed by atoms with Gasteiger partial charge < -0.3 is 0 Å². The summed E-state index contributed by atoms with van der Waals surface area (Å²) in [7, 11) is 0. The lowest BCUT2D eigenvalue weighted by Crippen LogP contribution is -2.18. The third kappa shape index (κ3) is 4.64. The van der Waals surface area contributed by atoms with Crippen molar-refractivity contribution in [2.45, 2.75) is 19.8 Å². The predicted molar refractivity (Wildman–Crippen MR) is 164 cm³/mol. The number of aromatic nitrogens is 3. The molecule has 0 bridgehead atoms. The van der Waals surface area contributed by atoms with Gasteiger partial charge in [-0.1, -0.05) is 121 Å². The predicted octanol–water partition coefficient (Wildman–Crippen LogP) is 8.18. The van der Waals surface area contributed by atoms with Gasteiger partial charge in [-0.15, -0.1) is 0 Å². The van der Waals surface area contributed by atoms with Crippen LogP contribution in [0.5, 0.6) is 0 Å². The number of fused-ring (bicyclic) bond motifs is 3. The van der Waals surface area contributed by atoms with Gasteiger partial charge in [-0.25, -0.2) is 15.0 Å². The number of carbonyl (C=O) groups is 1. The summed E-state index contributed by atoms with van der Waals surface area (Å²) in [4.78, 5) is 29.2. The minimum atomic E-state index is -0.0909. The number of rotatable bonds is 5. The Bertz CT molecular complexity index is 1880. The van der Waals surface area contributed by atoms with Crippen LogP contribution in [0, 0.1) is 6.92 Å². The van der Waals surface area contributed by atoms with Gasteiger partial charge in [0.1, 0.15) is 5.69 Å². The lowest BCUT2D eigenvalue weighted by molar-refractivity contribution is 0.103. The van der Waals surface area contributed by atoms with E-state index in [0.717, 1.165) is 62.4 Å². The van der Waals surface area contributed by atoms with Gasteiger partial charge in [-0.3, -0.25) is 4.79 Å². The first-order chi connectivity index (χ1) is 20.2. The van der Waals surface area contributed by atoms with Crippen LogP contribution in [-0.4, -0.2) is 20.7 Å². The Labute approximate surface area is 239 Å². The van der Waals surface area contributed by atoms with E-state index in [1.807, 2.05) is 85.8 Å². The van der Waals surface area contributed by atoms with Gasteiger partial charge in [-0.05, 0) is 42.5 Å². The van der Waals surface area contributed by atoms with Gasteiger partial charge in [0.25, 0.3) is 0 Å². The quantitative estimate of drug-likeness (QED) is 0.211. The van der Waals surface area contributed by atoms with Crippen molar-refractivity contribution in [1.82, 2.24) is 15.0 Å². The van der Waals surface area contributed by atoms with Crippen molar-refractivity contribution < 1.29 is 4.79 Å². The molecular weight excluding hydrogens is 502 g/mol. The minimum absolute atomic E-state index is 0.0909. The van der Waals surface area contributed by atoms with Crippen molar-refractivity contribution in [2.24, 2.45) is 0 Å². The van der Waals surface area contributed by atoms with Gasteiger partial charge in [0, 0.05) is 22.3 Å². The van der Waals surface area contributed by atoms with Crippen LogP contribution in [0.3, 0.4) is 0 Å². The largest absolute Gasteiger partial charge is 0.287 e. The summed E-state index contributed by atoms with van der Waals surface area (Å²) >= 11 is 0. The molecule has 6 aromatic rings. The van der Waals surface area contributed by atoms with E-state index in [0.29, 0.717) is 23.5 Å². The van der Waals surface area contributed by atoms with Crippen molar-refractivity contribution in [3.05, 3.63) is 149 Å². The number of ketones is 1. The number of benzene rings is 4. The highest BCUT2D eigenvalue weighted by Crippen LogP contribution is 2.41. The molecule has 0 radical (unpaired) electrons. The third-order valence-corrected chi connectivity index (χ3v) is 7.70. The Kier molecular flexibility index (Phi) is 6.29. The maximum Gasteiger partial charge on any atom is 0.211 e. The highest BCUT2D eigenvalue weighted by molar-refractivity contribution is 6.09. The summed E-state index contributed by atoms with van der Waals surface area (Å²) < 4.78 is 0. The number of nitrogens with zero attached hydrogens (tertiary/aromatic N) is 3. The van der Waals surface area contributed by atoms with Crippen LogP contribution < -0.4 is 0 Å². The molecule has 0 saturated heterocycles. The second kappa shape index (κ2) is 10.4. The highest BCUT2D eigenvalue weighted by atomic mass is 16.1. The van der Waals surface area contributed by atoms with E-state index in [1.165, 1.54) is 0 Å². The molecule has 0 spiro atoms. The summed E-state index contributed by atoms with van der Waals surface area (Å²) in [6, 6.07) is 40.4. The fraction of sp³-hybridized carbons (Fsp3) is 0.0811. The fourth-order valence-electron chi connectivity index (χ4n) is 5.57. The summed E-state index contributed by atoms with van der Waals surface area (Å²) in [5.41, 5.74) is 10.8. The molecule has 4 nitrogen and oxygen atoms in total. The number of hydrogen-bond acceptors (Lipinski definition) is 4. The van der Waals surface area contributed by atoms with Crippen LogP contribution in [0.15, 0.2) is 121 Å². The van der Waals surface area contributed by atoms with Gasteiger partial charge in [0.15, 0.2) is 5.82 Å². The number of pyridine rings is 1. The smallest absolute Gasteiger partial charge is 0.211 e. The van der Waals surface area contributed by atoms with E-state index in [-0.39, 0.29) is 5.78 Å². The van der Waals surface area contributed by atoms with Crippen molar-refractivity contribution in [2.75, 3.05) is 0 Å². The molecular formula is C37H27N3O. The SMILES string of the molecule is Cc1ccc(C(=O)c2nc(-c3ccccc3)nc3c2CCc2c(-c4ccccc4)cc(-c4ccccc4)nc2-3)cc1. The third-order valence-electron chi connectivity index (χ3n) is 7.70. The molecule has 4 aromatic carbocycles. The molecule has 0 N–H and O–H groups in total. The highest BCUT2D eigenvalue weighted by Gasteiger charge is 2.30. The summed E-state index contributed by atoms with van der Waals surface area (Å²) in [5, 5.41) is 0. The molecule has 41 heavy (non-hydrogen) atoms. The molecule has 196 valence electrons. The van der Waals surface area contributed by atoms with E-state index in [2.05, 4.69) is 42.5 Å². The van der Waals surface area contributed by atoms with Crippen LogP contribution >= 0.6 is 0 Å². The molecule has 0 fully saturated rings. The van der Waals surface area contributed by atoms with E-state index < -0.39 is 0 Å². The molecule has 1 aliphatic carbocycles. The van der Waals surface area contributed by atoms with Crippen molar-refractivity contribution in [3.63, 3.8) is 0 Å². The topological polar surface area (TPSA) is 55.7 Å². The molecule has 4 heteroatoms. The first-order valence-electron chi connectivity index (χ1n) is 13.9. The molecule has 0 saturated carbocycles. The number of hydrogen-bond donors (Lipinski definition) is 0. The van der Waals surface area contributed by atoms with Crippen LogP contribution in [0.4, 0.5) is 0 Å². The molecule has 1 aliphatic rings. The molecule has 0 amide bonds. The first kappa shape index (κ1) is 24.8. The second-order valence-corrected chi connectivity index (χ2v) is 10.4. The zero-order chi connectivity index (χ0) is 27.8. The Hall–Kier alpha value is -5.22. The average Bonchev–Trinajstić information content (AvgIpc) is 3.05. The average molecular weight is 530 g/mol. The van der Waals surface area contributed by atoms with E-state index in [9.17, 15) is 4.79 Å². The Morgan fingerprint density at radius 2 is 1.15 bits per heavy atom. The van der Waals surface area contributed by atoms with E-state index in [1.54, 1.807) is 0 Å². The monoisotopic (exact) mass is 529 g/mol. The normalized spacial score (nSPS) is 11.9. The molecule has 0 aliphatic heterocycles. The van der Waals surface area contributed by atoms with Crippen LogP contribution in [-0.2, 0) is 12.8 Å². The fourth-order valence-corrected chi connectivity index (χ4v) is 5.57. The lowest BCUT2D eigenvalue weighted by atomic mass is 9.84. The summed E-state index contributed by atoms with van der Waals surface area (Å²) in [6.07, 6.45) is 1.41. The van der Waals surface area contributed by atoms with E-state index >= 15 is 0 Å². The lowest BCUT2D eigenvalue weighted by Gasteiger charge is -2.24. The van der Waals surface area contributed by atoms with Crippen LogP contribution in [0.2, 0.25) is 0 Å². The minimum Gasteiger partial charge on any atom is -0.287 e. The first-order valence-corrected chi connectivity index (χ1v) is 13.9.